The maximum Gasteiger partial charge on any atom is 0.251 e. The highest BCUT2D eigenvalue weighted by Crippen LogP contribution is 2.17. The summed E-state index contributed by atoms with van der Waals surface area (Å²) in [5, 5.41) is 19.5. The second kappa shape index (κ2) is 11.1. The number of allylic oxidation sites excluding steroid dienone is 1. The molecule has 1 amide bonds. The maximum atomic E-state index is 12.3. The molecule has 0 spiro atoms. The Morgan fingerprint density at radius 3 is 2.75 bits per heavy atom. The van der Waals surface area contributed by atoms with Crippen molar-refractivity contribution in [1.29, 1.82) is 0 Å². The number of tetrazole rings is 1. The highest BCUT2D eigenvalue weighted by Gasteiger charge is 2.16. The van der Waals surface area contributed by atoms with Crippen molar-refractivity contribution in [3.05, 3.63) is 53.2 Å². The Hall–Kier alpha value is -3.59. The molecule has 1 atom stereocenters. The van der Waals surface area contributed by atoms with Gasteiger partial charge in [-0.15, -0.1) is 5.10 Å². The first-order valence-electron chi connectivity index (χ1n) is 10.8. The molecule has 2 N–H and O–H groups in total. The van der Waals surface area contributed by atoms with E-state index in [1.807, 2.05) is 39.0 Å². The van der Waals surface area contributed by atoms with E-state index in [0.717, 1.165) is 35.8 Å². The van der Waals surface area contributed by atoms with Crippen LogP contribution in [0, 0.1) is 0 Å². The van der Waals surface area contributed by atoms with Crippen molar-refractivity contribution < 1.29 is 9.53 Å². The molecule has 0 aliphatic carbocycles. The average Bonchev–Trinajstić information content (AvgIpc) is 3.53. The minimum Gasteiger partial charge on any atom is -0.376 e. The number of rotatable bonds is 6. The predicted molar refractivity (Wildman–Crippen MR) is 125 cm³/mol. The first-order valence-corrected chi connectivity index (χ1v) is 10.8. The van der Waals surface area contributed by atoms with Gasteiger partial charge in [0.2, 0.25) is 5.65 Å². The minimum atomic E-state index is -0.119. The van der Waals surface area contributed by atoms with Gasteiger partial charge in [0.25, 0.3) is 5.91 Å². The van der Waals surface area contributed by atoms with Crippen molar-refractivity contribution in [1.82, 2.24) is 30.3 Å². The van der Waals surface area contributed by atoms with Gasteiger partial charge in [-0.2, -0.15) is 4.52 Å². The van der Waals surface area contributed by atoms with Gasteiger partial charge in [-0.25, -0.2) is 4.98 Å². The minimum absolute atomic E-state index is 0.117. The molecule has 1 saturated heterocycles. The zero-order valence-corrected chi connectivity index (χ0v) is 18.7. The third-order valence-corrected chi connectivity index (χ3v) is 4.88. The van der Waals surface area contributed by atoms with Crippen LogP contribution in [0.5, 0.6) is 0 Å². The Balaban J connectivity index is 0.00000141. The van der Waals surface area contributed by atoms with Crippen LogP contribution >= 0.6 is 0 Å². The quantitative estimate of drug-likeness (QED) is 0.610. The van der Waals surface area contributed by atoms with Gasteiger partial charge >= 0.3 is 0 Å². The highest BCUT2D eigenvalue weighted by molar-refractivity contribution is 5.94. The molecule has 9 nitrogen and oxygen atoms in total. The lowest BCUT2D eigenvalue weighted by atomic mass is 10.2. The van der Waals surface area contributed by atoms with E-state index in [4.69, 9.17) is 4.74 Å². The Morgan fingerprint density at radius 2 is 2.09 bits per heavy atom. The zero-order valence-electron chi connectivity index (χ0n) is 18.7. The van der Waals surface area contributed by atoms with E-state index in [1.54, 1.807) is 28.8 Å². The van der Waals surface area contributed by atoms with E-state index in [1.165, 1.54) is 0 Å². The number of carbonyl (C=O) groups is 1. The van der Waals surface area contributed by atoms with Crippen molar-refractivity contribution in [3.63, 3.8) is 0 Å². The van der Waals surface area contributed by atoms with Gasteiger partial charge in [-0.1, -0.05) is 32.6 Å². The molecule has 1 aromatic carbocycles. The summed E-state index contributed by atoms with van der Waals surface area (Å²) in [6, 6.07) is 7.17. The van der Waals surface area contributed by atoms with Crippen LogP contribution in [0.3, 0.4) is 0 Å². The normalized spacial score (nSPS) is 16.5. The standard InChI is InChI=1S/C21H23N7O2.C2H6/c1-3-6-18-17(4-2)24-19(20-25-26-27-28(18)20)23-15-10-8-14(9-11-15)21(29)22-13-16-7-5-12-30-16;1-2/h3-4,6,8-11,16H,1,5,7,12-13H2,2H3,(H,22,29)(H,23,24);1-2H3/b17-4+,18-6+;. The summed E-state index contributed by atoms with van der Waals surface area (Å²) >= 11 is 0. The molecule has 2 aromatic heterocycles. The van der Waals surface area contributed by atoms with Crippen LogP contribution in [0.1, 0.15) is 44.0 Å². The summed E-state index contributed by atoms with van der Waals surface area (Å²) < 4.78 is 7.15. The highest BCUT2D eigenvalue weighted by atomic mass is 16.5. The number of fused-ring (bicyclic) bond motifs is 1. The Kier molecular flexibility index (Phi) is 8.04. The molecule has 0 bridgehead atoms. The largest absolute Gasteiger partial charge is 0.376 e. The molecule has 1 unspecified atom stereocenters. The number of nitrogens with one attached hydrogen (secondary N) is 2. The second-order valence-electron chi connectivity index (χ2n) is 6.88. The SMILES string of the molecule is C=C/C=c1\c(=C/C)nc(Nc2ccc(C(=O)NCC3CCCO3)cc2)c2nnnn12.CC. The monoisotopic (exact) mass is 435 g/mol. The van der Waals surface area contributed by atoms with Crippen LogP contribution in [0.25, 0.3) is 17.8 Å². The zero-order chi connectivity index (χ0) is 22.9. The number of ether oxygens (including phenoxy) is 1. The molecule has 1 aliphatic heterocycles. The van der Waals surface area contributed by atoms with Crippen molar-refractivity contribution in [2.45, 2.75) is 39.7 Å². The smallest absolute Gasteiger partial charge is 0.251 e. The molecule has 0 saturated carbocycles. The number of carbonyl (C=O) groups excluding carboxylic acids is 1. The molecule has 4 rings (SSSR count). The summed E-state index contributed by atoms with van der Waals surface area (Å²) in [6.07, 6.45) is 7.51. The molecular weight excluding hydrogens is 406 g/mol. The summed E-state index contributed by atoms with van der Waals surface area (Å²) in [4.78, 5) is 17.0. The van der Waals surface area contributed by atoms with Gasteiger partial charge in [-0.3, -0.25) is 4.79 Å². The lowest BCUT2D eigenvalue weighted by Gasteiger charge is -2.11. The molecule has 3 heterocycles. The van der Waals surface area contributed by atoms with E-state index in [9.17, 15) is 4.79 Å². The van der Waals surface area contributed by atoms with Crippen molar-refractivity contribution in [2.75, 3.05) is 18.5 Å². The van der Waals surface area contributed by atoms with E-state index >= 15 is 0 Å². The number of nitrogens with zero attached hydrogens (tertiary/aromatic N) is 5. The third-order valence-electron chi connectivity index (χ3n) is 4.88. The Bertz CT molecular complexity index is 1180. The van der Waals surface area contributed by atoms with Crippen molar-refractivity contribution in [3.8, 4) is 0 Å². The average molecular weight is 436 g/mol. The Morgan fingerprint density at radius 1 is 1.31 bits per heavy atom. The molecular formula is C23H29N7O2. The van der Waals surface area contributed by atoms with Gasteiger partial charge in [0.15, 0.2) is 5.82 Å². The van der Waals surface area contributed by atoms with Crippen molar-refractivity contribution >= 4 is 35.2 Å². The van der Waals surface area contributed by atoms with Gasteiger partial charge in [-0.05, 0) is 60.5 Å². The molecule has 0 radical (unpaired) electrons. The van der Waals surface area contributed by atoms with Crippen LogP contribution in [0.15, 0.2) is 36.9 Å². The summed E-state index contributed by atoms with van der Waals surface area (Å²) in [6.45, 7) is 10.9. The number of hydrogen-bond donors (Lipinski definition) is 2. The molecule has 9 heteroatoms. The van der Waals surface area contributed by atoms with Crippen LogP contribution in [-0.2, 0) is 4.74 Å². The van der Waals surface area contributed by atoms with E-state index in [-0.39, 0.29) is 12.0 Å². The fourth-order valence-electron chi connectivity index (χ4n) is 3.35. The van der Waals surface area contributed by atoms with Crippen LogP contribution in [0.4, 0.5) is 11.5 Å². The molecule has 32 heavy (non-hydrogen) atoms. The van der Waals surface area contributed by atoms with Crippen LogP contribution < -0.4 is 21.3 Å². The third kappa shape index (κ3) is 5.17. The van der Waals surface area contributed by atoms with E-state index < -0.39 is 0 Å². The fourth-order valence-corrected chi connectivity index (χ4v) is 3.35. The molecule has 1 fully saturated rings. The lowest BCUT2D eigenvalue weighted by Crippen LogP contribution is -2.35. The summed E-state index contributed by atoms with van der Waals surface area (Å²) in [5.74, 6) is 0.399. The molecule has 1 aliphatic rings. The summed E-state index contributed by atoms with van der Waals surface area (Å²) in [7, 11) is 0. The predicted octanol–water partition coefficient (Wildman–Crippen LogP) is 1.96. The lowest BCUT2D eigenvalue weighted by molar-refractivity contribution is 0.0858. The molecule has 168 valence electrons. The van der Waals surface area contributed by atoms with Gasteiger partial charge in [0.1, 0.15) is 0 Å². The van der Waals surface area contributed by atoms with Crippen molar-refractivity contribution in [2.24, 2.45) is 0 Å². The maximum absolute atomic E-state index is 12.3. The number of aromatic nitrogens is 5. The topological polar surface area (TPSA) is 106 Å². The molecule has 3 aromatic rings. The van der Waals surface area contributed by atoms with Gasteiger partial charge in [0.05, 0.1) is 16.8 Å². The van der Waals surface area contributed by atoms with Gasteiger partial charge in [0, 0.05) is 24.4 Å². The van der Waals surface area contributed by atoms with Crippen LogP contribution in [-0.4, -0.2) is 50.2 Å². The Labute approximate surface area is 186 Å². The fraction of sp³-hybridized carbons (Fsp3) is 0.348. The van der Waals surface area contributed by atoms with E-state index in [2.05, 4.69) is 37.7 Å². The first kappa shape index (κ1) is 23.1. The van der Waals surface area contributed by atoms with Crippen LogP contribution in [0.2, 0.25) is 0 Å². The number of benzene rings is 1. The van der Waals surface area contributed by atoms with Gasteiger partial charge < -0.3 is 15.4 Å². The summed E-state index contributed by atoms with van der Waals surface area (Å²) in [5.41, 5.74) is 1.84. The van der Waals surface area contributed by atoms with E-state index in [0.29, 0.717) is 23.6 Å². The number of anilines is 2. The first-order chi connectivity index (χ1) is 15.7. The number of hydrogen-bond acceptors (Lipinski definition) is 7. The second-order valence-corrected chi connectivity index (χ2v) is 6.88. The number of amides is 1.